The average molecular weight is 428 g/mol. The summed E-state index contributed by atoms with van der Waals surface area (Å²) >= 11 is 1.41. The van der Waals surface area contributed by atoms with Crippen molar-refractivity contribution in [1.29, 1.82) is 0 Å². The van der Waals surface area contributed by atoms with Crippen molar-refractivity contribution >= 4 is 44.9 Å². The van der Waals surface area contributed by atoms with Gasteiger partial charge in [0.05, 0.1) is 4.90 Å². The molecule has 0 atom stereocenters. The molecule has 148 valence electrons. The highest BCUT2D eigenvalue weighted by atomic mass is 32.2. The Morgan fingerprint density at radius 1 is 0.931 bits per heavy atom. The minimum atomic E-state index is -3.82. The highest BCUT2D eigenvalue weighted by Crippen LogP contribution is 2.16. The minimum absolute atomic E-state index is 0.0526. The van der Waals surface area contributed by atoms with Crippen molar-refractivity contribution in [3.63, 3.8) is 0 Å². The van der Waals surface area contributed by atoms with Crippen LogP contribution >= 0.6 is 11.3 Å². The molecule has 0 saturated carbocycles. The summed E-state index contributed by atoms with van der Waals surface area (Å²) in [6, 6.07) is 17.6. The van der Waals surface area contributed by atoms with Crippen molar-refractivity contribution in [3.8, 4) is 0 Å². The van der Waals surface area contributed by atoms with Crippen molar-refractivity contribution in [3.05, 3.63) is 88.2 Å². The molecule has 0 spiro atoms. The first-order valence-corrected chi connectivity index (χ1v) is 10.8. The first kappa shape index (κ1) is 20.5. The van der Waals surface area contributed by atoms with Gasteiger partial charge in [-0.3, -0.25) is 9.59 Å². The Bertz CT molecular complexity index is 1140. The van der Waals surface area contributed by atoms with Gasteiger partial charge in [-0.1, -0.05) is 24.3 Å². The van der Waals surface area contributed by atoms with Crippen molar-refractivity contribution in [2.45, 2.75) is 4.90 Å². The molecule has 0 aliphatic heterocycles. The third-order valence-corrected chi connectivity index (χ3v) is 5.55. The van der Waals surface area contributed by atoms with E-state index in [4.69, 9.17) is 5.14 Å². The van der Waals surface area contributed by atoms with Crippen LogP contribution in [0.5, 0.6) is 0 Å². The third-order valence-electron chi connectivity index (χ3n) is 3.80. The van der Waals surface area contributed by atoms with Gasteiger partial charge in [0.2, 0.25) is 10.0 Å². The molecule has 0 fully saturated rings. The molecule has 7 nitrogen and oxygen atoms in total. The van der Waals surface area contributed by atoms with Gasteiger partial charge in [-0.15, -0.1) is 11.3 Å². The molecule has 2 aromatic carbocycles. The summed E-state index contributed by atoms with van der Waals surface area (Å²) in [7, 11) is -3.82. The maximum Gasteiger partial charge on any atom is 0.272 e. The van der Waals surface area contributed by atoms with Gasteiger partial charge in [-0.05, 0) is 53.9 Å². The molecule has 0 bridgehead atoms. The van der Waals surface area contributed by atoms with Crippen molar-refractivity contribution in [2.24, 2.45) is 5.14 Å². The van der Waals surface area contributed by atoms with Gasteiger partial charge >= 0.3 is 0 Å². The number of anilines is 1. The summed E-state index contributed by atoms with van der Waals surface area (Å²) in [4.78, 5) is 26.0. The number of hydrogen-bond donors (Lipinski definition) is 3. The number of sulfonamides is 1. The molecular weight excluding hydrogens is 410 g/mol. The Kier molecular flexibility index (Phi) is 6.23. The first-order valence-electron chi connectivity index (χ1n) is 8.39. The molecule has 0 radical (unpaired) electrons. The van der Waals surface area contributed by atoms with Gasteiger partial charge in [0.1, 0.15) is 5.70 Å². The largest absolute Gasteiger partial charge is 0.321 e. The monoisotopic (exact) mass is 427 g/mol. The number of thiophene rings is 1. The average Bonchev–Trinajstić information content (AvgIpc) is 3.21. The molecule has 9 heteroatoms. The van der Waals surface area contributed by atoms with Gasteiger partial charge in [0.15, 0.2) is 0 Å². The zero-order chi connectivity index (χ0) is 20.9. The van der Waals surface area contributed by atoms with Crippen LogP contribution in [0.25, 0.3) is 6.08 Å². The van der Waals surface area contributed by atoms with E-state index in [1.54, 1.807) is 36.4 Å². The van der Waals surface area contributed by atoms with Crippen molar-refractivity contribution in [1.82, 2.24) is 5.32 Å². The number of nitrogens with two attached hydrogens (primary N) is 1. The molecule has 1 aromatic heterocycles. The van der Waals surface area contributed by atoms with Gasteiger partial charge in [0.25, 0.3) is 11.8 Å². The lowest BCUT2D eigenvalue weighted by molar-refractivity contribution is -0.113. The summed E-state index contributed by atoms with van der Waals surface area (Å²) in [5.74, 6) is -0.973. The molecule has 0 aliphatic rings. The molecule has 1 heterocycles. The lowest BCUT2D eigenvalue weighted by Crippen LogP contribution is -2.30. The highest BCUT2D eigenvalue weighted by Gasteiger charge is 2.16. The molecule has 3 rings (SSSR count). The number of carbonyl (C=O) groups excluding carboxylic acids is 2. The molecule has 4 N–H and O–H groups in total. The van der Waals surface area contributed by atoms with Gasteiger partial charge in [0, 0.05) is 16.1 Å². The molecular formula is C20H17N3O4S2. The summed E-state index contributed by atoms with van der Waals surface area (Å²) in [6.07, 6.45) is 1.57. The van der Waals surface area contributed by atoms with E-state index in [0.29, 0.717) is 11.3 Å². The zero-order valence-corrected chi connectivity index (χ0v) is 16.7. The Balaban J connectivity index is 1.82. The van der Waals surface area contributed by atoms with Crippen LogP contribution < -0.4 is 15.8 Å². The number of carbonyl (C=O) groups is 2. The van der Waals surface area contributed by atoms with E-state index in [1.807, 2.05) is 17.5 Å². The van der Waals surface area contributed by atoms with Crippen LogP contribution in [0.15, 0.2) is 82.7 Å². The molecule has 0 unspecified atom stereocenters. The number of hydrogen-bond acceptors (Lipinski definition) is 5. The summed E-state index contributed by atoms with van der Waals surface area (Å²) in [5, 5.41) is 12.2. The molecule has 3 aromatic rings. The number of rotatable bonds is 6. The lowest BCUT2D eigenvalue weighted by atomic mass is 10.2. The zero-order valence-electron chi connectivity index (χ0n) is 15.0. The second-order valence-corrected chi connectivity index (χ2v) is 8.46. The Labute approximate surface area is 171 Å². The minimum Gasteiger partial charge on any atom is -0.321 e. The highest BCUT2D eigenvalue weighted by molar-refractivity contribution is 7.89. The SMILES string of the molecule is NS(=O)(=O)c1ccc(NC(=O)/C(=C\c2cccs2)NC(=O)c2ccccc2)cc1. The maximum atomic E-state index is 12.8. The molecule has 29 heavy (non-hydrogen) atoms. The molecule has 0 aliphatic carbocycles. The number of primary sulfonamides is 1. The summed E-state index contributed by atoms with van der Waals surface area (Å²) in [6.45, 7) is 0. The van der Waals surface area contributed by atoms with E-state index in [0.717, 1.165) is 4.88 Å². The molecule has 0 saturated heterocycles. The number of amides is 2. The van der Waals surface area contributed by atoms with E-state index < -0.39 is 21.8 Å². The van der Waals surface area contributed by atoms with Crippen LogP contribution in [0.1, 0.15) is 15.2 Å². The molecule has 2 amide bonds. The van der Waals surface area contributed by atoms with Crippen LogP contribution in [0.3, 0.4) is 0 Å². The normalized spacial score (nSPS) is 11.7. The van der Waals surface area contributed by atoms with Crippen LogP contribution in [-0.2, 0) is 14.8 Å². The summed E-state index contributed by atoms with van der Waals surface area (Å²) in [5.41, 5.74) is 0.820. The second kappa shape index (κ2) is 8.82. The van der Waals surface area contributed by atoms with Crippen LogP contribution in [0, 0.1) is 0 Å². The van der Waals surface area contributed by atoms with E-state index in [2.05, 4.69) is 10.6 Å². The Morgan fingerprint density at radius 2 is 1.62 bits per heavy atom. The predicted molar refractivity (Wildman–Crippen MR) is 113 cm³/mol. The Hall–Kier alpha value is -3.27. The Morgan fingerprint density at radius 3 is 2.21 bits per heavy atom. The fourth-order valence-corrected chi connectivity index (χ4v) is 3.56. The summed E-state index contributed by atoms with van der Waals surface area (Å²) < 4.78 is 22.7. The number of nitrogens with one attached hydrogen (secondary N) is 2. The van der Waals surface area contributed by atoms with Crippen molar-refractivity contribution < 1.29 is 18.0 Å². The maximum absolute atomic E-state index is 12.8. The van der Waals surface area contributed by atoms with Crippen molar-refractivity contribution in [2.75, 3.05) is 5.32 Å². The second-order valence-electron chi connectivity index (χ2n) is 5.92. The van der Waals surface area contributed by atoms with Crippen LogP contribution in [0.2, 0.25) is 0 Å². The standard InChI is InChI=1S/C20H17N3O4S2/c21-29(26,27)17-10-8-15(9-11-17)22-20(25)18(13-16-7-4-12-28-16)23-19(24)14-5-2-1-3-6-14/h1-13H,(H,22,25)(H,23,24)(H2,21,26,27)/b18-13+. The number of benzene rings is 2. The fourth-order valence-electron chi connectivity index (χ4n) is 2.38. The van der Waals surface area contributed by atoms with Crippen LogP contribution in [-0.4, -0.2) is 20.2 Å². The van der Waals surface area contributed by atoms with Gasteiger partial charge in [-0.25, -0.2) is 13.6 Å². The van der Waals surface area contributed by atoms with Gasteiger partial charge in [-0.2, -0.15) is 0 Å². The lowest BCUT2D eigenvalue weighted by Gasteiger charge is -2.11. The predicted octanol–water partition coefficient (Wildman–Crippen LogP) is 2.81. The fraction of sp³-hybridized carbons (Fsp3) is 0. The van der Waals surface area contributed by atoms with Crippen LogP contribution in [0.4, 0.5) is 5.69 Å². The first-order chi connectivity index (χ1) is 13.8. The van der Waals surface area contributed by atoms with E-state index in [9.17, 15) is 18.0 Å². The van der Waals surface area contributed by atoms with Gasteiger partial charge < -0.3 is 10.6 Å². The van der Waals surface area contributed by atoms with E-state index >= 15 is 0 Å². The van der Waals surface area contributed by atoms with E-state index in [-0.39, 0.29) is 10.6 Å². The quantitative estimate of drug-likeness (QED) is 0.524. The van der Waals surface area contributed by atoms with E-state index in [1.165, 1.54) is 35.6 Å². The smallest absolute Gasteiger partial charge is 0.272 e. The third kappa shape index (κ3) is 5.61. The topological polar surface area (TPSA) is 118 Å².